The van der Waals surface area contributed by atoms with Crippen LogP contribution >= 0.6 is 0 Å². The van der Waals surface area contributed by atoms with Crippen molar-refractivity contribution in [3.8, 4) is 0 Å². The maximum atomic E-state index is 13.6. The van der Waals surface area contributed by atoms with Gasteiger partial charge in [-0.1, -0.05) is 6.07 Å². The highest BCUT2D eigenvalue weighted by atomic mass is 19.1. The number of nitrogens with zero attached hydrogens (tertiary/aromatic N) is 1. The molecular weight excluding hydrogens is 239 g/mol. The molecule has 1 aliphatic rings. The summed E-state index contributed by atoms with van der Waals surface area (Å²) in [7, 11) is 0. The van der Waals surface area contributed by atoms with Crippen LogP contribution in [-0.2, 0) is 0 Å². The predicted octanol–water partition coefficient (Wildman–Crippen LogP) is 3.35. The lowest BCUT2D eigenvalue weighted by atomic mass is 10.1. The minimum Gasteiger partial charge on any atom is -0.371 e. The van der Waals surface area contributed by atoms with Gasteiger partial charge in [-0.25, -0.2) is 4.39 Å². The number of hydrogen-bond donors (Lipinski definition) is 1. The number of halogens is 1. The van der Waals surface area contributed by atoms with E-state index in [1.54, 1.807) is 6.07 Å². The van der Waals surface area contributed by atoms with Crippen LogP contribution in [0.25, 0.3) is 0 Å². The Labute approximate surface area is 116 Å². The SMILES string of the molecule is Cc1c(F)cccc1N1CCC(CNC(C)(C)C)C1. The summed E-state index contributed by atoms with van der Waals surface area (Å²) in [5.41, 5.74) is 1.99. The van der Waals surface area contributed by atoms with Crippen molar-refractivity contribution in [2.45, 2.75) is 39.7 Å². The largest absolute Gasteiger partial charge is 0.371 e. The second-order valence-electron chi connectivity index (χ2n) is 6.62. The zero-order valence-electron chi connectivity index (χ0n) is 12.5. The van der Waals surface area contributed by atoms with Gasteiger partial charge in [0, 0.05) is 36.4 Å². The van der Waals surface area contributed by atoms with Crippen LogP contribution in [0.2, 0.25) is 0 Å². The lowest BCUT2D eigenvalue weighted by Crippen LogP contribution is -2.39. The lowest BCUT2D eigenvalue weighted by molar-refractivity contribution is 0.383. The molecule has 1 unspecified atom stereocenters. The normalized spacial score (nSPS) is 20.1. The summed E-state index contributed by atoms with van der Waals surface area (Å²) in [6.07, 6.45) is 1.18. The quantitative estimate of drug-likeness (QED) is 0.900. The van der Waals surface area contributed by atoms with E-state index in [0.717, 1.165) is 30.9 Å². The van der Waals surface area contributed by atoms with Crippen LogP contribution in [0.4, 0.5) is 10.1 Å². The molecule has 1 aromatic carbocycles. The van der Waals surface area contributed by atoms with E-state index < -0.39 is 0 Å². The van der Waals surface area contributed by atoms with E-state index in [2.05, 4.69) is 31.0 Å². The Hall–Kier alpha value is -1.09. The Balaban J connectivity index is 1.97. The van der Waals surface area contributed by atoms with E-state index in [1.807, 2.05) is 13.0 Å². The van der Waals surface area contributed by atoms with Gasteiger partial charge in [0.2, 0.25) is 0 Å². The molecule has 1 aromatic rings. The molecule has 1 N–H and O–H groups in total. The molecule has 19 heavy (non-hydrogen) atoms. The van der Waals surface area contributed by atoms with Crippen molar-refractivity contribution in [2.24, 2.45) is 5.92 Å². The van der Waals surface area contributed by atoms with Crippen molar-refractivity contribution in [1.29, 1.82) is 0 Å². The van der Waals surface area contributed by atoms with E-state index in [4.69, 9.17) is 0 Å². The first-order chi connectivity index (χ1) is 8.87. The number of benzene rings is 1. The van der Waals surface area contributed by atoms with Crippen molar-refractivity contribution in [1.82, 2.24) is 5.32 Å². The van der Waals surface area contributed by atoms with Crippen molar-refractivity contribution in [3.05, 3.63) is 29.6 Å². The summed E-state index contributed by atoms with van der Waals surface area (Å²) in [5.74, 6) is 0.552. The summed E-state index contributed by atoms with van der Waals surface area (Å²) in [5, 5.41) is 3.56. The van der Waals surface area contributed by atoms with E-state index >= 15 is 0 Å². The standard InChI is InChI=1S/C16H25FN2/c1-12-14(17)6-5-7-15(12)19-9-8-13(11-19)10-18-16(2,3)4/h5-7,13,18H,8-11H2,1-4H3. The Bertz CT molecular complexity index is 437. The second-order valence-corrected chi connectivity index (χ2v) is 6.62. The number of anilines is 1. The second kappa shape index (κ2) is 5.49. The average Bonchev–Trinajstić information content (AvgIpc) is 2.78. The monoisotopic (exact) mass is 264 g/mol. The molecule has 3 heteroatoms. The Kier molecular flexibility index (Phi) is 4.14. The van der Waals surface area contributed by atoms with Crippen molar-refractivity contribution in [3.63, 3.8) is 0 Å². The topological polar surface area (TPSA) is 15.3 Å². The van der Waals surface area contributed by atoms with Gasteiger partial charge < -0.3 is 10.2 Å². The summed E-state index contributed by atoms with van der Waals surface area (Å²) < 4.78 is 13.6. The molecule has 0 bridgehead atoms. The summed E-state index contributed by atoms with van der Waals surface area (Å²) >= 11 is 0. The van der Waals surface area contributed by atoms with Gasteiger partial charge in [0.15, 0.2) is 0 Å². The first-order valence-corrected chi connectivity index (χ1v) is 7.12. The minimum absolute atomic E-state index is 0.103. The first-order valence-electron chi connectivity index (χ1n) is 7.12. The third-order valence-electron chi connectivity index (χ3n) is 3.79. The zero-order valence-corrected chi connectivity index (χ0v) is 12.5. The molecule has 2 nitrogen and oxygen atoms in total. The fraction of sp³-hybridized carbons (Fsp3) is 0.625. The molecule has 1 saturated heterocycles. The Morgan fingerprint density at radius 3 is 2.79 bits per heavy atom. The fourth-order valence-corrected chi connectivity index (χ4v) is 2.61. The Morgan fingerprint density at radius 1 is 1.37 bits per heavy atom. The average molecular weight is 264 g/mol. The van der Waals surface area contributed by atoms with Crippen LogP contribution in [0.15, 0.2) is 18.2 Å². The van der Waals surface area contributed by atoms with Crippen molar-refractivity contribution in [2.75, 3.05) is 24.5 Å². The number of nitrogens with one attached hydrogen (secondary N) is 1. The zero-order chi connectivity index (χ0) is 14.0. The van der Waals surface area contributed by atoms with Crippen LogP contribution < -0.4 is 10.2 Å². The van der Waals surface area contributed by atoms with Crippen LogP contribution in [0.3, 0.4) is 0 Å². The highest BCUT2D eigenvalue weighted by Gasteiger charge is 2.25. The molecule has 106 valence electrons. The van der Waals surface area contributed by atoms with Gasteiger partial charge in [0.25, 0.3) is 0 Å². The predicted molar refractivity (Wildman–Crippen MR) is 79.2 cm³/mol. The van der Waals surface area contributed by atoms with Gasteiger partial charge in [0.1, 0.15) is 5.82 Å². The maximum absolute atomic E-state index is 13.6. The first kappa shape index (κ1) is 14.3. The van der Waals surface area contributed by atoms with Crippen LogP contribution in [0.5, 0.6) is 0 Å². The number of rotatable bonds is 3. The third kappa shape index (κ3) is 3.69. The van der Waals surface area contributed by atoms with Gasteiger partial charge >= 0.3 is 0 Å². The molecule has 0 radical (unpaired) electrons. The van der Waals surface area contributed by atoms with E-state index in [9.17, 15) is 4.39 Å². The van der Waals surface area contributed by atoms with Crippen LogP contribution in [0, 0.1) is 18.7 Å². The molecule has 1 heterocycles. The molecule has 1 atom stereocenters. The highest BCUT2D eigenvalue weighted by Crippen LogP contribution is 2.28. The Morgan fingerprint density at radius 2 is 2.11 bits per heavy atom. The van der Waals surface area contributed by atoms with Gasteiger partial charge in [-0.2, -0.15) is 0 Å². The molecule has 0 amide bonds. The molecule has 1 aliphatic heterocycles. The number of hydrogen-bond acceptors (Lipinski definition) is 2. The maximum Gasteiger partial charge on any atom is 0.128 e. The van der Waals surface area contributed by atoms with Gasteiger partial charge in [-0.15, -0.1) is 0 Å². The summed E-state index contributed by atoms with van der Waals surface area (Å²) in [4.78, 5) is 2.31. The van der Waals surface area contributed by atoms with E-state index in [0.29, 0.717) is 5.92 Å². The molecular formula is C16H25FN2. The summed E-state index contributed by atoms with van der Waals surface area (Å²) in [6.45, 7) is 11.5. The molecule has 0 saturated carbocycles. The van der Waals surface area contributed by atoms with Crippen LogP contribution in [-0.4, -0.2) is 25.2 Å². The highest BCUT2D eigenvalue weighted by molar-refractivity contribution is 5.54. The molecule has 0 aliphatic carbocycles. The molecule has 0 spiro atoms. The van der Waals surface area contributed by atoms with E-state index in [1.165, 1.54) is 12.5 Å². The smallest absolute Gasteiger partial charge is 0.128 e. The lowest BCUT2D eigenvalue weighted by Gasteiger charge is -2.24. The van der Waals surface area contributed by atoms with E-state index in [-0.39, 0.29) is 11.4 Å². The van der Waals surface area contributed by atoms with Gasteiger partial charge in [0.05, 0.1) is 0 Å². The van der Waals surface area contributed by atoms with Gasteiger partial charge in [-0.3, -0.25) is 0 Å². The third-order valence-corrected chi connectivity index (χ3v) is 3.79. The van der Waals surface area contributed by atoms with Crippen molar-refractivity contribution < 1.29 is 4.39 Å². The minimum atomic E-state index is -0.103. The van der Waals surface area contributed by atoms with Gasteiger partial charge in [-0.05, 0) is 52.2 Å². The van der Waals surface area contributed by atoms with Crippen LogP contribution in [0.1, 0.15) is 32.8 Å². The van der Waals surface area contributed by atoms with Crippen molar-refractivity contribution >= 4 is 5.69 Å². The molecule has 0 aromatic heterocycles. The molecule has 1 fully saturated rings. The fourth-order valence-electron chi connectivity index (χ4n) is 2.61. The summed E-state index contributed by atoms with van der Waals surface area (Å²) in [6, 6.07) is 5.37. The molecule has 2 rings (SSSR count).